The molecule has 1 aliphatic rings. The van der Waals surface area contributed by atoms with Crippen molar-refractivity contribution in [1.29, 1.82) is 0 Å². The lowest BCUT2D eigenvalue weighted by atomic mass is 9.89. The third kappa shape index (κ3) is 3.84. The van der Waals surface area contributed by atoms with Gasteiger partial charge in [-0.3, -0.25) is 9.69 Å². The van der Waals surface area contributed by atoms with Crippen molar-refractivity contribution in [3.8, 4) is 5.75 Å². The molecule has 0 spiro atoms. The molecule has 148 valence electrons. The van der Waals surface area contributed by atoms with Crippen molar-refractivity contribution in [1.82, 2.24) is 14.9 Å². The normalized spacial score (nSPS) is 17.6. The van der Waals surface area contributed by atoms with Crippen molar-refractivity contribution >= 4 is 21.6 Å². The number of rotatable bonds is 6. The molecule has 28 heavy (non-hydrogen) atoms. The molecule has 0 radical (unpaired) electrons. The first-order chi connectivity index (χ1) is 13.5. The fourth-order valence-electron chi connectivity index (χ4n) is 3.79. The molecule has 0 aliphatic heterocycles. The summed E-state index contributed by atoms with van der Waals surface area (Å²) in [5, 5.41) is 0.818. The minimum Gasteiger partial charge on any atom is -0.492 e. The summed E-state index contributed by atoms with van der Waals surface area (Å²) in [4.78, 5) is 25.1. The smallest absolute Gasteiger partial charge is 0.259 e. The van der Waals surface area contributed by atoms with Gasteiger partial charge in [0.2, 0.25) is 0 Å². The highest BCUT2D eigenvalue weighted by atomic mass is 32.1. The Balaban J connectivity index is 1.49. The summed E-state index contributed by atoms with van der Waals surface area (Å²) in [6, 6.07) is 9.82. The summed E-state index contributed by atoms with van der Waals surface area (Å²) in [5.74, 6) is 2.29. The van der Waals surface area contributed by atoms with E-state index in [2.05, 4.69) is 23.7 Å². The van der Waals surface area contributed by atoms with Crippen LogP contribution in [0.4, 0.5) is 0 Å². The summed E-state index contributed by atoms with van der Waals surface area (Å²) in [7, 11) is 2.03. The van der Waals surface area contributed by atoms with Crippen LogP contribution in [-0.4, -0.2) is 35.1 Å². The van der Waals surface area contributed by atoms with E-state index in [-0.39, 0.29) is 11.6 Å². The summed E-state index contributed by atoms with van der Waals surface area (Å²) < 4.78 is 5.79. The molecular weight excluding hydrogens is 370 g/mol. The fourth-order valence-corrected chi connectivity index (χ4v) is 5.18. The van der Waals surface area contributed by atoms with E-state index in [0.717, 1.165) is 47.6 Å². The molecule has 0 amide bonds. The Bertz CT molecular complexity index is 1010. The summed E-state index contributed by atoms with van der Waals surface area (Å²) in [6.07, 6.45) is 3.21. The highest BCUT2D eigenvalue weighted by Gasteiger charge is 2.24. The van der Waals surface area contributed by atoms with Gasteiger partial charge in [-0.25, -0.2) is 4.98 Å². The predicted molar refractivity (Wildman–Crippen MR) is 114 cm³/mol. The Morgan fingerprint density at radius 3 is 2.93 bits per heavy atom. The van der Waals surface area contributed by atoms with Gasteiger partial charge in [-0.05, 0) is 56.8 Å². The molecular formula is C22H27N3O2S. The van der Waals surface area contributed by atoms with E-state index < -0.39 is 0 Å². The van der Waals surface area contributed by atoms with Crippen molar-refractivity contribution in [2.24, 2.45) is 5.92 Å². The summed E-state index contributed by atoms with van der Waals surface area (Å²) >= 11 is 1.70. The number of nitrogens with one attached hydrogen (secondary N) is 1. The van der Waals surface area contributed by atoms with Crippen LogP contribution in [0.15, 0.2) is 35.1 Å². The number of aromatic amines is 1. The van der Waals surface area contributed by atoms with Gasteiger partial charge in [0, 0.05) is 11.4 Å². The number of H-pyrrole nitrogens is 1. The lowest BCUT2D eigenvalue weighted by Crippen LogP contribution is -2.29. The first kappa shape index (κ1) is 19.2. The van der Waals surface area contributed by atoms with Gasteiger partial charge in [-0.2, -0.15) is 0 Å². The van der Waals surface area contributed by atoms with Crippen molar-refractivity contribution in [3.63, 3.8) is 0 Å². The third-order valence-corrected chi connectivity index (χ3v) is 6.84. The summed E-state index contributed by atoms with van der Waals surface area (Å²) in [6.45, 7) is 5.69. The van der Waals surface area contributed by atoms with Crippen LogP contribution >= 0.6 is 11.3 Å². The van der Waals surface area contributed by atoms with Gasteiger partial charge < -0.3 is 9.72 Å². The van der Waals surface area contributed by atoms with Crippen LogP contribution in [-0.2, 0) is 12.8 Å². The van der Waals surface area contributed by atoms with Crippen LogP contribution in [0.2, 0.25) is 0 Å². The Labute approximate surface area is 169 Å². The molecule has 2 aromatic heterocycles. The van der Waals surface area contributed by atoms with Gasteiger partial charge in [0.25, 0.3) is 5.56 Å². The molecule has 2 atom stereocenters. The minimum atomic E-state index is 0.00726. The molecule has 3 aromatic rings. The molecule has 1 aliphatic carbocycles. The maximum atomic E-state index is 12.8. The average Bonchev–Trinajstić information content (AvgIpc) is 3.05. The van der Waals surface area contributed by atoms with E-state index in [1.807, 2.05) is 37.4 Å². The van der Waals surface area contributed by atoms with Crippen LogP contribution in [0, 0.1) is 5.92 Å². The second-order valence-electron chi connectivity index (χ2n) is 7.80. The van der Waals surface area contributed by atoms with E-state index in [1.165, 1.54) is 10.4 Å². The third-order valence-electron chi connectivity index (χ3n) is 5.70. The largest absolute Gasteiger partial charge is 0.492 e. The van der Waals surface area contributed by atoms with Gasteiger partial charge >= 0.3 is 0 Å². The molecule has 5 nitrogen and oxygen atoms in total. The van der Waals surface area contributed by atoms with Gasteiger partial charge in [-0.1, -0.05) is 25.1 Å². The van der Waals surface area contributed by atoms with Crippen molar-refractivity contribution in [3.05, 3.63) is 57.0 Å². The molecule has 1 N–H and O–H groups in total. The molecule has 0 fully saturated rings. The number of likely N-dealkylation sites (N-methyl/N-ethyl adjacent to an activating group) is 1. The van der Waals surface area contributed by atoms with Gasteiger partial charge in [0.1, 0.15) is 23.0 Å². The van der Waals surface area contributed by atoms with Crippen LogP contribution in [0.3, 0.4) is 0 Å². The SMILES string of the molecule is C[C@H]1CCc2c(sc3nc([C@@H](C)N(C)CCOc4ccccc4)[nH]c(=O)c23)C1. The van der Waals surface area contributed by atoms with E-state index in [9.17, 15) is 4.79 Å². The first-order valence-electron chi connectivity index (χ1n) is 9.95. The van der Waals surface area contributed by atoms with Crippen molar-refractivity contribution < 1.29 is 4.74 Å². The zero-order valence-electron chi connectivity index (χ0n) is 16.7. The van der Waals surface area contributed by atoms with Crippen LogP contribution < -0.4 is 10.3 Å². The second kappa shape index (κ2) is 8.05. The number of hydrogen-bond acceptors (Lipinski definition) is 5. The highest BCUT2D eigenvalue weighted by Crippen LogP contribution is 2.36. The lowest BCUT2D eigenvalue weighted by molar-refractivity contribution is 0.196. The number of nitrogens with zero attached hydrogens (tertiary/aromatic N) is 2. The zero-order chi connectivity index (χ0) is 19.7. The van der Waals surface area contributed by atoms with Crippen LogP contribution in [0.1, 0.15) is 42.6 Å². The highest BCUT2D eigenvalue weighted by molar-refractivity contribution is 7.18. The number of ether oxygens (including phenoxy) is 1. The molecule has 0 bridgehead atoms. The number of hydrogen-bond donors (Lipinski definition) is 1. The van der Waals surface area contributed by atoms with Crippen molar-refractivity contribution in [2.45, 2.75) is 39.2 Å². The average molecular weight is 398 g/mol. The maximum Gasteiger partial charge on any atom is 0.259 e. The number of benzene rings is 1. The van der Waals surface area contributed by atoms with Gasteiger partial charge in [0.05, 0.1) is 11.4 Å². The standard InChI is InChI=1S/C22H27N3O2S/c1-14-9-10-17-18(13-14)28-22-19(17)21(26)23-20(24-22)15(2)25(3)11-12-27-16-7-5-4-6-8-16/h4-8,14-15H,9-13H2,1-3H3,(H,23,24,26)/t14-,15+/m0/s1. The monoisotopic (exact) mass is 397 g/mol. The first-order valence-corrected chi connectivity index (χ1v) is 10.8. The van der Waals surface area contributed by atoms with Crippen molar-refractivity contribution in [2.75, 3.05) is 20.2 Å². The lowest BCUT2D eigenvalue weighted by Gasteiger charge is -2.23. The molecule has 4 rings (SSSR count). The Morgan fingerprint density at radius 1 is 1.36 bits per heavy atom. The molecule has 6 heteroatoms. The second-order valence-corrected chi connectivity index (χ2v) is 8.88. The molecule has 1 aromatic carbocycles. The van der Waals surface area contributed by atoms with Gasteiger partial charge in [0.15, 0.2) is 0 Å². The quantitative estimate of drug-likeness (QED) is 0.678. The van der Waals surface area contributed by atoms with Crippen LogP contribution in [0.5, 0.6) is 5.75 Å². The van der Waals surface area contributed by atoms with Gasteiger partial charge in [-0.15, -0.1) is 11.3 Å². The number of aryl methyl sites for hydroxylation is 1. The fraction of sp³-hybridized carbons (Fsp3) is 0.455. The molecule has 0 saturated carbocycles. The molecule has 0 saturated heterocycles. The Kier molecular flexibility index (Phi) is 5.51. The van der Waals surface area contributed by atoms with E-state index >= 15 is 0 Å². The Morgan fingerprint density at radius 2 is 2.14 bits per heavy atom. The number of aromatic nitrogens is 2. The van der Waals surface area contributed by atoms with E-state index in [1.54, 1.807) is 11.3 Å². The van der Waals surface area contributed by atoms with Crippen LogP contribution in [0.25, 0.3) is 10.2 Å². The topological polar surface area (TPSA) is 58.2 Å². The summed E-state index contributed by atoms with van der Waals surface area (Å²) in [5.41, 5.74) is 1.24. The zero-order valence-corrected chi connectivity index (χ0v) is 17.5. The molecule has 2 heterocycles. The minimum absolute atomic E-state index is 0.00726. The number of thiophene rings is 1. The maximum absolute atomic E-state index is 12.8. The predicted octanol–water partition coefficient (Wildman–Crippen LogP) is 4.18. The number of para-hydroxylation sites is 1. The Hall–Kier alpha value is -2.18. The van der Waals surface area contributed by atoms with E-state index in [4.69, 9.17) is 9.72 Å². The van der Waals surface area contributed by atoms with E-state index in [0.29, 0.717) is 12.5 Å². The number of fused-ring (bicyclic) bond motifs is 3. The molecule has 0 unspecified atom stereocenters.